The van der Waals surface area contributed by atoms with Gasteiger partial charge in [0.25, 0.3) is 0 Å². The highest BCUT2D eigenvalue weighted by molar-refractivity contribution is 5.73. The number of piperazine rings is 1. The molecule has 0 spiro atoms. The van der Waals surface area contributed by atoms with Crippen LogP contribution in [0.2, 0.25) is 0 Å². The van der Waals surface area contributed by atoms with Gasteiger partial charge in [-0.15, -0.1) is 0 Å². The number of amides is 1. The van der Waals surface area contributed by atoms with Gasteiger partial charge in [0.2, 0.25) is 5.91 Å². The fourth-order valence-corrected chi connectivity index (χ4v) is 4.89. The minimum Gasteiger partial charge on any atom is -0.389 e. The Hall–Kier alpha value is -0.650. The van der Waals surface area contributed by atoms with E-state index in [-0.39, 0.29) is 5.91 Å². The smallest absolute Gasteiger partial charge is 0.219 e. The number of aliphatic hydroxyl groups is 1. The summed E-state index contributed by atoms with van der Waals surface area (Å²) in [6.07, 6.45) is 4.24. The molecule has 2 atom stereocenters. The van der Waals surface area contributed by atoms with E-state index >= 15 is 0 Å². The van der Waals surface area contributed by atoms with Gasteiger partial charge in [0.05, 0.1) is 5.60 Å². The van der Waals surface area contributed by atoms with Gasteiger partial charge in [-0.2, -0.15) is 0 Å². The zero-order chi connectivity index (χ0) is 17.3. The zero-order valence-electron chi connectivity index (χ0n) is 15.7. The lowest BCUT2D eigenvalue weighted by Crippen LogP contribution is -2.53. The minimum absolute atomic E-state index is 0.199. The molecule has 2 aliphatic heterocycles. The summed E-state index contributed by atoms with van der Waals surface area (Å²) in [5.41, 5.74) is -0.464. The van der Waals surface area contributed by atoms with Crippen LogP contribution in [0.5, 0.6) is 0 Å². The third-order valence-electron chi connectivity index (χ3n) is 6.60. The summed E-state index contributed by atoms with van der Waals surface area (Å²) >= 11 is 0. The maximum absolute atomic E-state index is 11.5. The Morgan fingerprint density at radius 3 is 2.29 bits per heavy atom. The highest BCUT2D eigenvalue weighted by atomic mass is 16.3. The first kappa shape index (κ1) is 18.2. The SMILES string of the molecule is CC(=O)N1CCN(C2CN(CC3(O)CCC(C)CC3)CC2C)CC1. The molecule has 24 heavy (non-hydrogen) atoms. The summed E-state index contributed by atoms with van der Waals surface area (Å²) in [6, 6.07) is 0.574. The van der Waals surface area contributed by atoms with Gasteiger partial charge in [0, 0.05) is 58.8 Å². The Morgan fingerprint density at radius 2 is 1.71 bits per heavy atom. The van der Waals surface area contributed by atoms with Crippen molar-refractivity contribution in [3.8, 4) is 0 Å². The van der Waals surface area contributed by atoms with Crippen LogP contribution in [0.1, 0.15) is 46.5 Å². The van der Waals surface area contributed by atoms with E-state index in [2.05, 4.69) is 23.6 Å². The van der Waals surface area contributed by atoms with Crippen LogP contribution in [-0.2, 0) is 4.79 Å². The van der Waals surface area contributed by atoms with E-state index in [0.29, 0.717) is 12.0 Å². The van der Waals surface area contributed by atoms with Gasteiger partial charge in [-0.25, -0.2) is 0 Å². The lowest BCUT2D eigenvalue weighted by Gasteiger charge is -2.39. The van der Waals surface area contributed by atoms with E-state index in [1.54, 1.807) is 6.92 Å². The standard InChI is InChI=1S/C19H35N3O2/c1-15-4-6-19(24,7-5-15)14-20-12-16(2)18(13-20)22-10-8-21(9-11-22)17(3)23/h15-16,18,24H,4-14H2,1-3H3. The number of carbonyl (C=O) groups excluding carboxylic acids is 1. The summed E-state index contributed by atoms with van der Waals surface area (Å²) in [5, 5.41) is 10.9. The summed E-state index contributed by atoms with van der Waals surface area (Å²) in [4.78, 5) is 18.5. The molecule has 1 amide bonds. The molecule has 5 heteroatoms. The Morgan fingerprint density at radius 1 is 1.08 bits per heavy atom. The Labute approximate surface area is 147 Å². The zero-order valence-corrected chi connectivity index (χ0v) is 15.7. The van der Waals surface area contributed by atoms with E-state index in [9.17, 15) is 9.90 Å². The van der Waals surface area contributed by atoms with E-state index in [4.69, 9.17) is 0 Å². The van der Waals surface area contributed by atoms with Gasteiger partial charge in [-0.1, -0.05) is 13.8 Å². The van der Waals surface area contributed by atoms with Crippen molar-refractivity contribution in [3.05, 3.63) is 0 Å². The van der Waals surface area contributed by atoms with Crippen LogP contribution in [0.25, 0.3) is 0 Å². The van der Waals surface area contributed by atoms with Gasteiger partial charge in [-0.3, -0.25) is 14.6 Å². The second kappa shape index (κ2) is 7.30. The fraction of sp³-hybridized carbons (Fsp3) is 0.947. The second-order valence-electron chi connectivity index (χ2n) is 8.69. The average molecular weight is 338 g/mol. The maximum atomic E-state index is 11.5. The van der Waals surface area contributed by atoms with Crippen LogP contribution in [-0.4, -0.2) is 83.2 Å². The van der Waals surface area contributed by atoms with Gasteiger partial charge >= 0.3 is 0 Å². The molecule has 0 aromatic heterocycles. The van der Waals surface area contributed by atoms with E-state index in [0.717, 1.165) is 77.4 Å². The van der Waals surface area contributed by atoms with Crippen molar-refractivity contribution in [2.45, 2.75) is 58.1 Å². The molecular formula is C19H35N3O2. The van der Waals surface area contributed by atoms with Crippen molar-refractivity contribution in [2.24, 2.45) is 11.8 Å². The van der Waals surface area contributed by atoms with Gasteiger partial charge in [0.15, 0.2) is 0 Å². The van der Waals surface area contributed by atoms with E-state index in [1.807, 2.05) is 4.90 Å². The van der Waals surface area contributed by atoms with Crippen molar-refractivity contribution in [3.63, 3.8) is 0 Å². The molecule has 0 aromatic rings. The molecule has 2 saturated heterocycles. The molecule has 2 unspecified atom stereocenters. The summed E-state index contributed by atoms with van der Waals surface area (Å²) < 4.78 is 0. The molecule has 1 N–H and O–H groups in total. The first-order chi connectivity index (χ1) is 11.4. The number of nitrogens with zero attached hydrogens (tertiary/aromatic N) is 3. The maximum Gasteiger partial charge on any atom is 0.219 e. The summed E-state index contributed by atoms with van der Waals surface area (Å²) in [7, 11) is 0. The predicted molar refractivity (Wildman–Crippen MR) is 95.8 cm³/mol. The lowest BCUT2D eigenvalue weighted by molar-refractivity contribution is -0.130. The Kier molecular flexibility index (Phi) is 5.52. The summed E-state index contributed by atoms with van der Waals surface area (Å²) in [5.74, 6) is 1.61. The van der Waals surface area contributed by atoms with Crippen LogP contribution in [0.15, 0.2) is 0 Å². The normalized spacial score (nSPS) is 39.3. The predicted octanol–water partition coefficient (Wildman–Crippen LogP) is 1.41. The quantitative estimate of drug-likeness (QED) is 0.846. The van der Waals surface area contributed by atoms with Crippen LogP contribution >= 0.6 is 0 Å². The number of rotatable bonds is 3. The number of hydrogen-bond acceptors (Lipinski definition) is 4. The van der Waals surface area contributed by atoms with E-state index in [1.165, 1.54) is 0 Å². The molecule has 5 nitrogen and oxygen atoms in total. The van der Waals surface area contributed by atoms with Crippen molar-refractivity contribution in [2.75, 3.05) is 45.8 Å². The molecule has 3 rings (SSSR count). The lowest BCUT2D eigenvalue weighted by atomic mass is 9.79. The number of hydrogen-bond donors (Lipinski definition) is 1. The largest absolute Gasteiger partial charge is 0.389 e. The van der Waals surface area contributed by atoms with Crippen LogP contribution in [0.4, 0.5) is 0 Å². The molecule has 0 aromatic carbocycles. The van der Waals surface area contributed by atoms with Crippen molar-refractivity contribution >= 4 is 5.91 Å². The topological polar surface area (TPSA) is 47.0 Å². The molecule has 1 aliphatic carbocycles. The molecule has 3 fully saturated rings. The number of β-amino-alcohol motifs (C(OH)–C–C–N with tert-alkyl or cyclic N) is 1. The van der Waals surface area contributed by atoms with Crippen LogP contribution in [0.3, 0.4) is 0 Å². The Balaban J connectivity index is 1.51. The molecule has 3 aliphatic rings. The third-order valence-corrected chi connectivity index (χ3v) is 6.60. The third kappa shape index (κ3) is 4.12. The molecule has 1 saturated carbocycles. The number of carbonyl (C=O) groups is 1. The first-order valence-electron chi connectivity index (χ1n) is 9.80. The molecule has 0 radical (unpaired) electrons. The molecular weight excluding hydrogens is 302 g/mol. The first-order valence-corrected chi connectivity index (χ1v) is 9.80. The Bertz CT molecular complexity index is 440. The minimum atomic E-state index is -0.464. The summed E-state index contributed by atoms with van der Waals surface area (Å²) in [6.45, 7) is 13.0. The van der Waals surface area contributed by atoms with Crippen LogP contribution in [0, 0.1) is 11.8 Å². The number of likely N-dealkylation sites (tertiary alicyclic amines) is 1. The van der Waals surface area contributed by atoms with Gasteiger partial charge < -0.3 is 10.0 Å². The van der Waals surface area contributed by atoms with Crippen molar-refractivity contribution in [1.82, 2.24) is 14.7 Å². The molecule has 2 heterocycles. The molecule has 138 valence electrons. The second-order valence-corrected chi connectivity index (χ2v) is 8.69. The van der Waals surface area contributed by atoms with Crippen molar-refractivity contribution < 1.29 is 9.90 Å². The van der Waals surface area contributed by atoms with Gasteiger partial charge in [-0.05, 0) is 37.5 Å². The average Bonchev–Trinajstić information content (AvgIpc) is 2.90. The van der Waals surface area contributed by atoms with E-state index < -0.39 is 5.60 Å². The van der Waals surface area contributed by atoms with Gasteiger partial charge in [0.1, 0.15) is 0 Å². The van der Waals surface area contributed by atoms with Crippen molar-refractivity contribution in [1.29, 1.82) is 0 Å². The highest BCUT2D eigenvalue weighted by Crippen LogP contribution is 2.34. The van der Waals surface area contributed by atoms with Crippen LogP contribution < -0.4 is 0 Å². The molecule has 0 bridgehead atoms. The highest BCUT2D eigenvalue weighted by Gasteiger charge is 2.40. The fourth-order valence-electron chi connectivity index (χ4n) is 4.89. The monoisotopic (exact) mass is 337 g/mol.